The zero-order valence-electron chi connectivity index (χ0n) is 16.1. The van der Waals surface area contributed by atoms with Gasteiger partial charge in [0.1, 0.15) is 11.8 Å². The fraction of sp³-hybridized carbons (Fsp3) is 0.647. The van der Waals surface area contributed by atoms with Crippen molar-refractivity contribution in [2.45, 2.75) is 52.6 Å². The number of rotatable bonds is 9. The van der Waals surface area contributed by atoms with E-state index in [2.05, 4.69) is 26.4 Å². The number of likely N-dealkylation sites (N-methyl/N-ethyl adjacent to an activating group) is 1. The van der Waals surface area contributed by atoms with Gasteiger partial charge in [-0.3, -0.25) is 14.4 Å². The second kappa shape index (κ2) is 9.91. The first-order chi connectivity index (χ1) is 12.1. The molecular weight excluding hydrogens is 338 g/mol. The smallest absolute Gasteiger partial charge is 0.274 e. The molecule has 0 aliphatic heterocycles. The van der Waals surface area contributed by atoms with Crippen LogP contribution in [0.5, 0.6) is 0 Å². The van der Waals surface area contributed by atoms with Gasteiger partial charge < -0.3 is 25.8 Å². The highest BCUT2D eigenvalue weighted by Gasteiger charge is 2.26. The molecule has 4 N–H and O–H groups in total. The van der Waals surface area contributed by atoms with Crippen LogP contribution < -0.4 is 21.3 Å². The van der Waals surface area contributed by atoms with E-state index in [-0.39, 0.29) is 18.0 Å². The van der Waals surface area contributed by atoms with Gasteiger partial charge in [0.15, 0.2) is 5.69 Å². The lowest BCUT2D eigenvalue weighted by Crippen LogP contribution is -2.51. The molecular formula is C17H29N5O4. The summed E-state index contributed by atoms with van der Waals surface area (Å²) in [5, 5.41) is 14.7. The number of aryl methyl sites for hydroxylation is 1. The van der Waals surface area contributed by atoms with Crippen molar-refractivity contribution in [3.63, 3.8) is 0 Å². The molecule has 0 fully saturated rings. The number of carbonyl (C=O) groups excluding carboxylic acids is 3. The van der Waals surface area contributed by atoms with Crippen LogP contribution in [0.2, 0.25) is 0 Å². The first-order valence-corrected chi connectivity index (χ1v) is 8.66. The molecule has 1 rings (SSSR count). The third kappa shape index (κ3) is 8.11. The molecule has 0 saturated carbocycles. The minimum Gasteiger partial charge on any atom is -0.361 e. The predicted molar refractivity (Wildman–Crippen MR) is 96.6 cm³/mol. The largest absolute Gasteiger partial charge is 0.361 e. The van der Waals surface area contributed by atoms with E-state index in [1.165, 1.54) is 6.07 Å². The average Bonchev–Trinajstić information content (AvgIpc) is 2.95. The van der Waals surface area contributed by atoms with Gasteiger partial charge in [-0.25, -0.2) is 0 Å². The number of aromatic nitrogens is 1. The summed E-state index contributed by atoms with van der Waals surface area (Å²) in [6, 6.07) is 0.452. The Morgan fingerprint density at radius 3 is 2.46 bits per heavy atom. The summed E-state index contributed by atoms with van der Waals surface area (Å²) in [6.07, 6.45) is -0.174. The molecule has 3 amide bonds. The standard InChI is InChI=1S/C17H29N5O4/c1-6-18-7-8-19-15(24)12(10-14(23)21-17(3,4)5)20-16(25)13-9-11(2)26-22-13/h9,12,18H,6-8,10H2,1-5H3,(H,19,24)(H,20,25)(H,21,23)/t12-/m0/s1. The first-order valence-electron chi connectivity index (χ1n) is 8.66. The highest BCUT2D eigenvalue weighted by molar-refractivity contribution is 5.97. The number of nitrogens with zero attached hydrogens (tertiary/aromatic N) is 1. The van der Waals surface area contributed by atoms with Crippen molar-refractivity contribution in [1.29, 1.82) is 0 Å². The topological polar surface area (TPSA) is 125 Å². The minimum atomic E-state index is -1.01. The van der Waals surface area contributed by atoms with Gasteiger partial charge in [0.05, 0.1) is 6.42 Å². The Balaban J connectivity index is 2.74. The lowest BCUT2D eigenvalue weighted by Gasteiger charge is -2.23. The van der Waals surface area contributed by atoms with Crippen molar-refractivity contribution in [2.24, 2.45) is 0 Å². The first kappa shape index (κ1) is 21.6. The maximum Gasteiger partial charge on any atom is 0.274 e. The molecule has 0 saturated heterocycles. The summed E-state index contributed by atoms with van der Waals surface area (Å²) in [6.45, 7) is 10.9. The molecule has 0 unspecified atom stereocenters. The molecule has 1 aromatic heterocycles. The minimum absolute atomic E-state index is 0.0594. The number of hydrogen-bond donors (Lipinski definition) is 4. The van der Waals surface area contributed by atoms with Crippen LogP contribution in [0.25, 0.3) is 0 Å². The van der Waals surface area contributed by atoms with Gasteiger partial charge in [-0.15, -0.1) is 0 Å². The van der Waals surface area contributed by atoms with E-state index < -0.39 is 23.4 Å². The summed E-state index contributed by atoms with van der Waals surface area (Å²) in [7, 11) is 0. The van der Waals surface area contributed by atoms with E-state index in [1.54, 1.807) is 6.92 Å². The van der Waals surface area contributed by atoms with Crippen LogP contribution in [0.1, 0.15) is 50.4 Å². The van der Waals surface area contributed by atoms with E-state index in [9.17, 15) is 14.4 Å². The lowest BCUT2D eigenvalue weighted by atomic mass is 10.1. The van der Waals surface area contributed by atoms with E-state index in [1.807, 2.05) is 27.7 Å². The van der Waals surface area contributed by atoms with Crippen molar-refractivity contribution in [1.82, 2.24) is 26.4 Å². The van der Waals surface area contributed by atoms with E-state index in [4.69, 9.17) is 4.52 Å². The van der Waals surface area contributed by atoms with Crippen LogP contribution in [0.4, 0.5) is 0 Å². The van der Waals surface area contributed by atoms with Gasteiger partial charge in [0.2, 0.25) is 11.8 Å². The molecule has 0 radical (unpaired) electrons. The molecule has 26 heavy (non-hydrogen) atoms. The van der Waals surface area contributed by atoms with Gasteiger partial charge in [-0.05, 0) is 34.2 Å². The average molecular weight is 367 g/mol. The second-order valence-electron chi connectivity index (χ2n) is 7.00. The zero-order chi connectivity index (χ0) is 19.7. The monoisotopic (exact) mass is 367 g/mol. The maximum absolute atomic E-state index is 12.4. The Morgan fingerprint density at radius 2 is 1.92 bits per heavy atom. The molecule has 9 heteroatoms. The Bertz CT molecular complexity index is 621. The van der Waals surface area contributed by atoms with Gasteiger partial charge >= 0.3 is 0 Å². The van der Waals surface area contributed by atoms with E-state index in [0.717, 1.165) is 6.54 Å². The second-order valence-corrected chi connectivity index (χ2v) is 7.00. The summed E-state index contributed by atoms with van der Waals surface area (Å²) < 4.78 is 4.87. The van der Waals surface area contributed by atoms with Crippen molar-refractivity contribution < 1.29 is 18.9 Å². The number of amides is 3. The highest BCUT2D eigenvalue weighted by atomic mass is 16.5. The van der Waals surface area contributed by atoms with E-state index in [0.29, 0.717) is 18.8 Å². The maximum atomic E-state index is 12.4. The van der Waals surface area contributed by atoms with Crippen LogP contribution in [0, 0.1) is 6.92 Å². The van der Waals surface area contributed by atoms with Crippen molar-refractivity contribution in [3.8, 4) is 0 Å². The van der Waals surface area contributed by atoms with E-state index >= 15 is 0 Å². The van der Waals surface area contributed by atoms with Gasteiger partial charge in [0, 0.05) is 24.7 Å². The molecule has 0 spiro atoms. The van der Waals surface area contributed by atoms with Gasteiger partial charge in [0.25, 0.3) is 5.91 Å². The molecule has 0 aliphatic carbocycles. The number of carbonyl (C=O) groups is 3. The number of hydrogen-bond acceptors (Lipinski definition) is 6. The molecule has 0 bridgehead atoms. The highest BCUT2D eigenvalue weighted by Crippen LogP contribution is 2.05. The molecule has 1 aromatic rings. The SMILES string of the molecule is CCNCCNC(=O)[C@H](CC(=O)NC(C)(C)C)NC(=O)c1cc(C)on1. The van der Waals surface area contributed by atoms with Crippen LogP contribution in [-0.4, -0.2) is 54.1 Å². The van der Waals surface area contributed by atoms with Crippen molar-refractivity contribution >= 4 is 17.7 Å². The fourth-order valence-electron chi connectivity index (χ4n) is 2.14. The molecule has 0 aliphatic rings. The normalized spacial score (nSPS) is 12.3. The van der Waals surface area contributed by atoms with Crippen LogP contribution >= 0.6 is 0 Å². The summed E-state index contributed by atoms with van der Waals surface area (Å²) in [5.74, 6) is -0.856. The molecule has 9 nitrogen and oxygen atoms in total. The Kier molecular flexibility index (Phi) is 8.24. The van der Waals surface area contributed by atoms with Crippen LogP contribution in [0.3, 0.4) is 0 Å². The molecule has 1 atom stereocenters. The summed E-state index contributed by atoms with van der Waals surface area (Å²) in [4.78, 5) is 36.8. The van der Waals surface area contributed by atoms with Crippen molar-refractivity contribution in [2.75, 3.05) is 19.6 Å². The van der Waals surface area contributed by atoms with Gasteiger partial charge in [-0.2, -0.15) is 0 Å². The molecule has 146 valence electrons. The summed E-state index contributed by atoms with van der Waals surface area (Å²) in [5.41, 5.74) is -0.375. The summed E-state index contributed by atoms with van der Waals surface area (Å²) >= 11 is 0. The zero-order valence-corrected chi connectivity index (χ0v) is 16.1. The quantitative estimate of drug-likeness (QED) is 0.459. The van der Waals surface area contributed by atoms with Crippen LogP contribution in [-0.2, 0) is 9.59 Å². The Hall–Kier alpha value is -2.42. The molecule has 1 heterocycles. The lowest BCUT2D eigenvalue weighted by molar-refractivity contribution is -0.128. The number of nitrogens with one attached hydrogen (secondary N) is 4. The third-order valence-corrected chi connectivity index (χ3v) is 3.24. The van der Waals surface area contributed by atoms with Gasteiger partial charge in [-0.1, -0.05) is 12.1 Å². The molecule has 0 aromatic carbocycles. The van der Waals surface area contributed by atoms with Crippen molar-refractivity contribution in [3.05, 3.63) is 17.5 Å². The van der Waals surface area contributed by atoms with Crippen LogP contribution in [0.15, 0.2) is 10.6 Å². The Morgan fingerprint density at radius 1 is 1.23 bits per heavy atom. The third-order valence-electron chi connectivity index (χ3n) is 3.24. The fourth-order valence-corrected chi connectivity index (χ4v) is 2.14. The predicted octanol–water partition coefficient (Wildman–Crippen LogP) is 0.112. The Labute approximate surface area is 153 Å².